The van der Waals surface area contributed by atoms with Gasteiger partial charge >= 0.3 is 12.3 Å². The van der Waals surface area contributed by atoms with Crippen molar-refractivity contribution < 1.29 is 44.3 Å². The van der Waals surface area contributed by atoms with Crippen LogP contribution < -0.4 is 4.74 Å². The molecule has 1 aliphatic carbocycles. The van der Waals surface area contributed by atoms with E-state index in [1.807, 2.05) is 0 Å². The van der Waals surface area contributed by atoms with Crippen LogP contribution >= 0.6 is 0 Å². The van der Waals surface area contributed by atoms with Gasteiger partial charge in [-0.05, 0) is 59.7 Å². The van der Waals surface area contributed by atoms with Crippen molar-refractivity contribution >= 4 is 0 Å². The quantitative estimate of drug-likeness (QED) is 0.198. The smallest absolute Gasteiger partial charge is 0.432 e. The fourth-order valence-corrected chi connectivity index (χ4v) is 4.91. The van der Waals surface area contributed by atoms with Gasteiger partial charge in [-0.2, -0.15) is 22.0 Å². The van der Waals surface area contributed by atoms with Crippen LogP contribution in [0.1, 0.15) is 51.0 Å². The van der Waals surface area contributed by atoms with Crippen molar-refractivity contribution in [1.29, 1.82) is 0 Å². The second-order valence-corrected chi connectivity index (χ2v) is 10.3. The lowest BCUT2D eigenvalue weighted by molar-refractivity contribution is -0.183. The van der Waals surface area contributed by atoms with Gasteiger partial charge in [0.15, 0.2) is 0 Å². The molecule has 218 valence electrons. The maximum Gasteiger partial charge on any atom is 0.458 e. The first-order valence-corrected chi connectivity index (χ1v) is 13.0. The van der Waals surface area contributed by atoms with Crippen LogP contribution in [0.5, 0.6) is 5.75 Å². The molecule has 0 amide bonds. The molecule has 1 aliphatic rings. The van der Waals surface area contributed by atoms with Crippen LogP contribution in [-0.2, 0) is 0 Å². The molecule has 3 aromatic rings. The molecule has 0 unspecified atom stereocenters. The summed E-state index contributed by atoms with van der Waals surface area (Å²) < 4.78 is 129. The molecule has 1 nitrogen and oxygen atoms in total. The summed E-state index contributed by atoms with van der Waals surface area (Å²) in [6.07, 6.45) is -4.87. The Morgan fingerprint density at radius 1 is 0.732 bits per heavy atom. The average molecular weight is 585 g/mol. The van der Waals surface area contributed by atoms with Crippen LogP contribution in [-0.4, -0.2) is 12.3 Å². The van der Waals surface area contributed by atoms with E-state index in [1.165, 1.54) is 12.0 Å². The number of benzene rings is 3. The van der Waals surface area contributed by atoms with Gasteiger partial charge in [0.2, 0.25) is 0 Å². The zero-order valence-electron chi connectivity index (χ0n) is 21.8. The first kappa shape index (κ1) is 30.4. The zero-order valence-corrected chi connectivity index (χ0v) is 21.8. The van der Waals surface area contributed by atoms with E-state index < -0.39 is 53.3 Å². The van der Waals surface area contributed by atoms with Gasteiger partial charge in [-0.15, -0.1) is 0 Å². The molecule has 41 heavy (non-hydrogen) atoms. The van der Waals surface area contributed by atoms with Crippen LogP contribution in [0.25, 0.3) is 22.3 Å². The van der Waals surface area contributed by atoms with Crippen LogP contribution in [0, 0.1) is 46.9 Å². The van der Waals surface area contributed by atoms with E-state index in [0.29, 0.717) is 24.5 Å². The molecule has 3 aromatic carbocycles. The summed E-state index contributed by atoms with van der Waals surface area (Å²) >= 11 is 0. The number of ether oxygens (including phenoxy) is 1. The number of hydrogen-bond donors (Lipinski definition) is 0. The molecule has 0 heterocycles. The normalized spacial score (nSPS) is 17.6. The Labute approximate surface area is 231 Å². The van der Waals surface area contributed by atoms with Gasteiger partial charge in [-0.25, -0.2) is 17.6 Å². The molecule has 0 aromatic heterocycles. The van der Waals surface area contributed by atoms with Gasteiger partial charge in [0.1, 0.15) is 29.0 Å². The first-order valence-electron chi connectivity index (χ1n) is 13.0. The molecule has 4 rings (SSSR count). The van der Waals surface area contributed by atoms with E-state index in [1.54, 1.807) is 0 Å². The lowest BCUT2D eigenvalue weighted by atomic mass is 9.81. The molecular formula is C31H25F9O. The lowest BCUT2D eigenvalue weighted by Gasteiger charge is -2.27. The fraction of sp³-hybridized carbons (Fsp3) is 0.355. The van der Waals surface area contributed by atoms with Gasteiger partial charge in [-0.1, -0.05) is 50.7 Å². The zero-order chi connectivity index (χ0) is 29.9. The highest BCUT2D eigenvalue weighted by Gasteiger charge is 2.33. The monoisotopic (exact) mass is 584 g/mol. The third-order valence-corrected chi connectivity index (χ3v) is 7.15. The van der Waals surface area contributed by atoms with E-state index in [2.05, 4.69) is 6.92 Å². The Bertz CT molecular complexity index is 1440. The Balaban J connectivity index is 1.48. The van der Waals surface area contributed by atoms with Crippen molar-refractivity contribution in [2.24, 2.45) is 11.8 Å². The summed E-state index contributed by atoms with van der Waals surface area (Å²) in [5.41, 5.74) is -1.90. The molecular weight excluding hydrogens is 559 g/mol. The van der Waals surface area contributed by atoms with Crippen molar-refractivity contribution in [2.45, 2.75) is 57.7 Å². The number of rotatable bonds is 7. The van der Waals surface area contributed by atoms with Crippen molar-refractivity contribution in [3.8, 4) is 39.8 Å². The fourth-order valence-electron chi connectivity index (χ4n) is 4.91. The van der Waals surface area contributed by atoms with E-state index >= 15 is 0 Å². The maximum atomic E-state index is 14.9. The van der Waals surface area contributed by atoms with Gasteiger partial charge in [0.25, 0.3) is 0 Å². The summed E-state index contributed by atoms with van der Waals surface area (Å²) in [4.78, 5) is 0. The third kappa shape index (κ3) is 7.99. The van der Waals surface area contributed by atoms with Crippen LogP contribution in [0.4, 0.5) is 39.5 Å². The molecule has 0 N–H and O–H groups in total. The minimum absolute atomic E-state index is 0.00203. The molecule has 0 spiro atoms. The van der Waals surface area contributed by atoms with Crippen LogP contribution in [0.3, 0.4) is 0 Å². The molecule has 0 aliphatic heterocycles. The highest BCUT2D eigenvalue weighted by atomic mass is 19.4. The lowest BCUT2D eigenvalue weighted by Crippen LogP contribution is -2.26. The molecule has 1 saturated carbocycles. The number of alkyl halides is 5. The number of hydrogen-bond acceptors (Lipinski definition) is 1. The second kappa shape index (κ2) is 12.1. The van der Waals surface area contributed by atoms with E-state index in [4.69, 9.17) is 4.74 Å². The minimum atomic E-state index is -4.96. The Morgan fingerprint density at radius 2 is 1.29 bits per heavy atom. The van der Waals surface area contributed by atoms with Gasteiger partial charge < -0.3 is 4.74 Å². The average Bonchev–Trinajstić information content (AvgIpc) is 2.87. The van der Waals surface area contributed by atoms with Crippen molar-refractivity contribution in [3.63, 3.8) is 0 Å². The Hall–Kier alpha value is -3.61. The summed E-state index contributed by atoms with van der Waals surface area (Å²) in [6.45, 7) is 2.14. The highest BCUT2D eigenvalue weighted by Crippen LogP contribution is 2.36. The summed E-state index contributed by atoms with van der Waals surface area (Å²) in [6, 6.07) is 7.52. The first-order chi connectivity index (χ1) is 19.2. The summed E-state index contributed by atoms with van der Waals surface area (Å²) in [5.74, 6) is -2.28. The predicted octanol–water partition coefficient (Wildman–Crippen LogP) is 10.1. The Kier molecular flexibility index (Phi) is 8.95. The largest absolute Gasteiger partial charge is 0.458 e. The minimum Gasteiger partial charge on any atom is -0.432 e. The van der Waals surface area contributed by atoms with Crippen molar-refractivity contribution in [1.82, 2.24) is 0 Å². The van der Waals surface area contributed by atoms with Crippen LogP contribution in [0.15, 0.2) is 48.5 Å². The second-order valence-electron chi connectivity index (χ2n) is 10.3. The molecule has 0 radical (unpaired) electrons. The standard InChI is InChI=1S/C31H25F9O/c1-18-2-4-19(5-3-18)10-13-31(39,40)41-22-7-9-23(29(35)17-22)20-6-8-24(26(32)14-20)21-15-27(33)25(28(34)16-21)11-12-30(36,37)38/h6-9,14-19H,2-5,10,13H2,1H3. The van der Waals surface area contributed by atoms with Crippen LogP contribution in [0.2, 0.25) is 0 Å². The van der Waals surface area contributed by atoms with E-state index in [9.17, 15) is 39.5 Å². The van der Waals surface area contributed by atoms with Gasteiger partial charge in [0.05, 0.1) is 12.0 Å². The van der Waals surface area contributed by atoms with Crippen molar-refractivity contribution in [3.05, 3.63) is 77.4 Å². The van der Waals surface area contributed by atoms with Gasteiger partial charge in [0, 0.05) is 23.1 Å². The van der Waals surface area contributed by atoms with Gasteiger partial charge in [-0.3, -0.25) is 0 Å². The molecule has 0 saturated heterocycles. The summed E-state index contributed by atoms with van der Waals surface area (Å²) in [7, 11) is 0. The topological polar surface area (TPSA) is 9.23 Å². The molecule has 10 heteroatoms. The Morgan fingerprint density at radius 3 is 1.88 bits per heavy atom. The molecule has 0 bridgehead atoms. The molecule has 0 atom stereocenters. The number of halogens is 9. The SMILES string of the molecule is CC1CCC(CCC(F)(F)Oc2ccc(-c3ccc(-c4cc(F)c(C#CC(F)(F)F)c(F)c4)c(F)c3)c(F)c2)CC1. The third-order valence-electron chi connectivity index (χ3n) is 7.15. The summed E-state index contributed by atoms with van der Waals surface area (Å²) in [5, 5.41) is 0. The predicted molar refractivity (Wildman–Crippen MR) is 136 cm³/mol. The molecule has 1 fully saturated rings. The van der Waals surface area contributed by atoms with E-state index in [-0.39, 0.29) is 28.2 Å². The highest BCUT2D eigenvalue weighted by molar-refractivity contribution is 5.72. The van der Waals surface area contributed by atoms with E-state index in [0.717, 1.165) is 61.9 Å². The van der Waals surface area contributed by atoms with Crippen molar-refractivity contribution in [2.75, 3.05) is 0 Å². The maximum absolute atomic E-state index is 14.9.